The Labute approximate surface area is 216 Å². The highest BCUT2D eigenvalue weighted by Crippen LogP contribution is 2.47. The first-order chi connectivity index (χ1) is 17.2. The van der Waals surface area contributed by atoms with Crippen LogP contribution in [0.4, 0.5) is 0 Å². The number of methoxy groups -OCH3 is 4. The molecular formula is C30H43NO5. The van der Waals surface area contributed by atoms with E-state index in [2.05, 4.69) is 49.9 Å². The van der Waals surface area contributed by atoms with Crippen LogP contribution in [0.2, 0.25) is 0 Å². The molecule has 0 radical (unpaired) electrons. The van der Waals surface area contributed by atoms with Crippen LogP contribution in [-0.2, 0) is 12.8 Å². The molecule has 1 saturated carbocycles. The lowest BCUT2D eigenvalue weighted by molar-refractivity contribution is -0.0635. The second kappa shape index (κ2) is 10.9. The lowest BCUT2D eigenvalue weighted by atomic mass is 9.69. The van der Waals surface area contributed by atoms with Crippen molar-refractivity contribution in [3.05, 3.63) is 47.0 Å². The smallest absolute Gasteiger partial charge is 0.161 e. The summed E-state index contributed by atoms with van der Waals surface area (Å²) in [5.74, 6) is 3.79. The SMILES string of the molecule is COc1ccc(C[C@@H]2c3cc(OC)c(OC)cc3CCN2C(C)(C)[C@@H]2CC[C@@H](C)C[C@H]2O)cc1OC. The van der Waals surface area contributed by atoms with Gasteiger partial charge < -0.3 is 24.1 Å². The second-order valence-electron chi connectivity index (χ2n) is 11.0. The van der Waals surface area contributed by atoms with Crippen LogP contribution in [0.1, 0.15) is 62.8 Å². The first-order valence-electron chi connectivity index (χ1n) is 13.1. The number of rotatable bonds is 8. The summed E-state index contributed by atoms with van der Waals surface area (Å²) >= 11 is 0. The fraction of sp³-hybridized carbons (Fsp3) is 0.600. The van der Waals surface area contributed by atoms with Gasteiger partial charge in [0, 0.05) is 24.0 Å². The summed E-state index contributed by atoms with van der Waals surface area (Å²) < 4.78 is 22.4. The number of nitrogens with zero attached hydrogens (tertiary/aromatic N) is 1. The fourth-order valence-corrected chi connectivity index (χ4v) is 6.56. The number of hydrogen-bond acceptors (Lipinski definition) is 6. The molecule has 0 spiro atoms. The van der Waals surface area contributed by atoms with Gasteiger partial charge in [-0.15, -0.1) is 0 Å². The van der Waals surface area contributed by atoms with E-state index in [9.17, 15) is 5.11 Å². The van der Waals surface area contributed by atoms with Gasteiger partial charge in [-0.3, -0.25) is 4.90 Å². The molecule has 2 aromatic rings. The van der Waals surface area contributed by atoms with Crippen LogP contribution in [0.15, 0.2) is 30.3 Å². The zero-order valence-electron chi connectivity index (χ0n) is 23.0. The largest absolute Gasteiger partial charge is 0.493 e. The zero-order valence-corrected chi connectivity index (χ0v) is 23.0. The number of hydrogen-bond donors (Lipinski definition) is 1. The van der Waals surface area contributed by atoms with Gasteiger partial charge in [-0.05, 0) is 86.4 Å². The molecule has 1 aliphatic carbocycles. The average Bonchev–Trinajstić information content (AvgIpc) is 2.87. The molecule has 0 unspecified atom stereocenters. The number of ether oxygens (including phenoxy) is 4. The lowest BCUT2D eigenvalue weighted by Crippen LogP contribution is -2.57. The maximum absolute atomic E-state index is 11.2. The molecule has 36 heavy (non-hydrogen) atoms. The molecule has 1 heterocycles. The standard InChI is InChI=1S/C30H43NO5/c1-19-8-10-23(25(32)14-19)30(2,3)31-13-12-21-17-28(35-6)29(36-7)18-22(21)24(31)15-20-9-11-26(33-4)27(16-20)34-5/h9,11,16-19,23-25,32H,8,10,12-15H2,1-7H3/t19-,23-,24-,25-/m1/s1. The molecule has 0 amide bonds. The van der Waals surface area contributed by atoms with Crippen LogP contribution in [0.25, 0.3) is 0 Å². The Morgan fingerprint density at radius 3 is 2.17 bits per heavy atom. The van der Waals surface area contributed by atoms with E-state index in [1.807, 2.05) is 6.07 Å². The van der Waals surface area contributed by atoms with Gasteiger partial charge in [0.05, 0.1) is 34.5 Å². The predicted octanol–water partition coefficient (Wildman–Crippen LogP) is 5.44. The number of aliphatic hydroxyl groups is 1. The van der Waals surface area contributed by atoms with E-state index in [1.54, 1.807) is 28.4 Å². The summed E-state index contributed by atoms with van der Waals surface area (Å²) in [6.45, 7) is 7.82. The van der Waals surface area contributed by atoms with Crippen LogP contribution in [-0.4, -0.2) is 56.6 Å². The van der Waals surface area contributed by atoms with Crippen molar-refractivity contribution in [3.63, 3.8) is 0 Å². The number of aliphatic hydroxyl groups excluding tert-OH is 1. The summed E-state index contributed by atoms with van der Waals surface area (Å²) in [6, 6.07) is 10.6. The van der Waals surface area contributed by atoms with Gasteiger partial charge >= 0.3 is 0 Å². The molecule has 0 bridgehead atoms. The highest BCUT2D eigenvalue weighted by Gasteiger charge is 2.46. The van der Waals surface area contributed by atoms with Crippen molar-refractivity contribution in [3.8, 4) is 23.0 Å². The van der Waals surface area contributed by atoms with Crippen molar-refractivity contribution in [1.29, 1.82) is 0 Å². The highest BCUT2D eigenvalue weighted by molar-refractivity contribution is 5.50. The third-order valence-electron chi connectivity index (χ3n) is 8.61. The highest BCUT2D eigenvalue weighted by atomic mass is 16.5. The van der Waals surface area contributed by atoms with Crippen molar-refractivity contribution in [1.82, 2.24) is 4.90 Å². The summed E-state index contributed by atoms with van der Waals surface area (Å²) in [6.07, 6.45) is 4.56. The summed E-state index contributed by atoms with van der Waals surface area (Å²) in [7, 11) is 6.72. The maximum Gasteiger partial charge on any atom is 0.161 e. The molecule has 1 aliphatic heterocycles. The topological polar surface area (TPSA) is 60.4 Å². The first kappa shape index (κ1) is 26.6. The number of benzene rings is 2. The average molecular weight is 498 g/mol. The molecule has 6 heteroatoms. The summed E-state index contributed by atoms with van der Waals surface area (Å²) in [5, 5.41) is 11.2. The minimum atomic E-state index is -0.280. The van der Waals surface area contributed by atoms with E-state index in [0.717, 1.165) is 55.2 Å². The minimum absolute atomic E-state index is 0.119. The Kier molecular flexibility index (Phi) is 8.06. The van der Waals surface area contributed by atoms with Gasteiger partial charge in [0.25, 0.3) is 0 Å². The van der Waals surface area contributed by atoms with Gasteiger partial charge in [-0.2, -0.15) is 0 Å². The van der Waals surface area contributed by atoms with E-state index < -0.39 is 0 Å². The maximum atomic E-state index is 11.2. The predicted molar refractivity (Wildman–Crippen MR) is 143 cm³/mol. The van der Waals surface area contributed by atoms with E-state index in [0.29, 0.717) is 5.92 Å². The van der Waals surface area contributed by atoms with Crippen molar-refractivity contribution >= 4 is 0 Å². The minimum Gasteiger partial charge on any atom is -0.493 e. The molecule has 0 saturated heterocycles. The summed E-state index contributed by atoms with van der Waals surface area (Å²) in [5.41, 5.74) is 3.56. The summed E-state index contributed by atoms with van der Waals surface area (Å²) in [4.78, 5) is 2.63. The molecule has 1 fully saturated rings. The van der Waals surface area contributed by atoms with Gasteiger partial charge in [0.1, 0.15) is 0 Å². The molecular weight excluding hydrogens is 454 g/mol. The Morgan fingerprint density at radius 1 is 0.889 bits per heavy atom. The third-order valence-corrected chi connectivity index (χ3v) is 8.61. The van der Waals surface area contributed by atoms with E-state index in [1.165, 1.54) is 23.1 Å². The Bertz CT molecular complexity index is 1050. The molecule has 4 atom stereocenters. The molecule has 6 nitrogen and oxygen atoms in total. The quantitative estimate of drug-likeness (QED) is 0.524. The Hall–Kier alpha value is -2.44. The molecule has 1 N–H and O–H groups in total. The van der Waals surface area contributed by atoms with Gasteiger partial charge in [0.2, 0.25) is 0 Å². The zero-order chi connectivity index (χ0) is 26.0. The van der Waals surface area contributed by atoms with Gasteiger partial charge in [-0.1, -0.05) is 19.4 Å². The third kappa shape index (κ3) is 5.03. The normalized spacial score (nSPS) is 24.7. The van der Waals surface area contributed by atoms with Crippen LogP contribution < -0.4 is 18.9 Å². The van der Waals surface area contributed by atoms with Gasteiger partial charge in [-0.25, -0.2) is 0 Å². The van der Waals surface area contributed by atoms with E-state index in [4.69, 9.17) is 18.9 Å². The molecule has 2 aliphatic rings. The fourth-order valence-electron chi connectivity index (χ4n) is 6.56. The molecule has 4 rings (SSSR count). The second-order valence-corrected chi connectivity index (χ2v) is 11.0. The van der Waals surface area contributed by atoms with Crippen molar-refractivity contribution in [2.75, 3.05) is 35.0 Å². The van der Waals surface area contributed by atoms with Crippen molar-refractivity contribution in [2.45, 2.75) is 70.6 Å². The number of fused-ring (bicyclic) bond motifs is 1. The molecule has 2 aromatic carbocycles. The van der Waals surface area contributed by atoms with Crippen LogP contribution in [0.3, 0.4) is 0 Å². The van der Waals surface area contributed by atoms with E-state index in [-0.39, 0.29) is 23.6 Å². The monoisotopic (exact) mass is 497 g/mol. The lowest BCUT2D eigenvalue weighted by Gasteiger charge is -2.53. The Morgan fingerprint density at radius 2 is 1.53 bits per heavy atom. The van der Waals surface area contributed by atoms with Crippen LogP contribution in [0.5, 0.6) is 23.0 Å². The van der Waals surface area contributed by atoms with Crippen molar-refractivity contribution < 1.29 is 24.1 Å². The first-order valence-corrected chi connectivity index (χ1v) is 13.1. The van der Waals surface area contributed by atoms with E-state index >= 15 is 0 Å². The van der Waals surface area contributed by atoms with Gasteiger partial charge in [0.15, 0.2) is 23.0 Å². The van der Waals surface area contributed by atoms with Crippen LogP contribution in [0, 0.1) is 11.8 Å². The van der Waals surface area contributed by atoms with Crippen molar-refractivity contribution in [2.24, 2.45) is 11.8 Å². The molecule has 198 valence electrons. The Balaban J connectivity index is 1.77. The molecule has 0 aromatic heterocycles. The van der Waals surface area contributed by atoms with Crippen LogP contribution >= 0.6 is 0 Å².